The molecule has 1 aromatic heterocycles. The molecule has 0 saturated carbocycles. The van der Waals surface area contributed by atoms with Gasteiger partial charge in [0.05, 0.1) is 4.88 Å². The number of aryl methyl sites for hydroxylation is 2. The van der Waals surface area contributed by atoms with E-state index in [0.717, 1.165) is 24.1 Å². The minimum absolute atomic E-state index is 0.366. The van der Waals surface area contributed by atoms with Crippen LogP contribution in [0.4, 0.5) is 0 Å². The van der Waals surface area contributed by atoms with E-state index < -0.39 is 0 Å². The molecule has 0 N–H and O–H groups in total. The van der Waals surface area contributed by atoms with Crippen molar-refractivity contribution in [2.75, 3.05) is 0 Å². The van der Waals surface area contributed by atoms with E-state index in [2.05, 4.69) is 19.9 Å². The van der Waals surface area contributed by atoms with Crippen LogP contribution >= 0.6 is 11.3 Å². The Morgan fingerprint density at radius 2 is 2.12 bits per heavy atom. The second-order valence-corrected chi connectivity index (χ2v) is 6.61. The van der Waals surface area contributed by atoms with Crippen LogP contribution in [0.15, 0.2) is 6.07 Å². The lowest BCUT2D eigenvalue weighted by atomic mass is 9.98. The topological polar surface area (TPSA) is 17.1 Å². The van der Waals surface area contributed by atoms with Crippen molar-refractivity contribution in [2.24, 2.45) is 5.92 Å². The summed E-state index contributed by atoms with van der Waals surface area (Å²) in [6.45, 7) is 4.43. The monoisotopic (exact) mass is 250 g/mol. The molecule has 1 aliphatic rings. The summed E-state index contributed by atoms with van der Waals surface area (Å²) in [7, 11) is 0. The van der Waals surface area contributed by atoms with Gasteiger partial charge in [-0.25, -0.2) is 0 Å². The molecule has 0 aromatic carbocycles. The summed E-state index contributed by atoms with van der Waals surface area (Å²) >= 11 is 1.75. The molecule has 0 amide bonds. The Bertz CT molecular complexity index is 366. The van der Waals surface area contributed by atoms with Crippen LogP contribution in [0.25, 0.3) is 0 Å². The van der Waals surface area contributed by atoms with Crippen molar-refractivity contribution >= 4 is 17.1 Å². The molecule has 2 heteroatoms. The van der Waals surface area contributed by atoms with Crippen molar-refractivity contribution in [1.29, 1.82) is 0 Å². The van der Waals surface area contributed by atoms with Gasteiger partial charge in [0.2, 0.25) is 0 Å². The number of ketones is 1. The van der Waals surface area contributed by atoms with Gasteiger partial charge < -0.3 is 0 Å². The highest BCUT2D eigenvalue weighted by molar-refractivity contribution is 7.14. The van der Waals surface area contributed by atoms with Gasteiger partial charge in [0.15, 0.2) is 5.78 Å². The van der Waals surface area contributed by atoms with Gasteiger partial charge in [0.25, 0.3) is 0 Å². The Morgan fingerprint density at radius 1 is 1.35 bits per heavy atom. The van der Waals surface area contributed by atoms with Gasteiger partial charge in [-0.15, -0.1) is 11.3 Å². The molecule has 94 valence electrons. The van der Waals surface area contributed by atoms with E-state index in [1.165, 1.54) is 36.1 Å². The smallest absolute Gasteiger partial charge is 0.172 e. The molecule has 0 aliphatic heterocycles. The Morgan fingerprint density at radius 3 is 2.82 bits per heavy atom. The Balaban J connectivity index is 1.92. The fourth-order valence-corrected chi connectivity index (χ4v) is 3.64. The molecule has 0 fully saturated rings. The first-order valence-electron chi connectivity index (χ1n) is 6.81. The van der Waals surface area contributed by atoms with Crippen molar-refractivity contribution in [3.8, 4) is 0 Å². The zero-order valence-corrected chi connectivity index (χ0v) is 11.7. The van der Waals surface area contributed by atoms with Gasteiger partial charge in [-0.3, -0.25) is 4.79 Å². The van der Waals surface area contributed by atoms with Crippen molar-refractivity contribution in [1.82, 2.24) is 0 Å². The lowest BCUT2D eigenvalue weighted by molar-refractivity contribution is 0.0982. The van der Waals surface area contributed by atoms with Crippen LogP contribution in [0.1, 0.15) is 66.1 Å². The largest absolute Gasteiger partial charge is 0.293 e. The second-order valence-electron chi connectivity index (χ2n) is 5.48. The number of carbonyl (C=O) groups is 1. The van der Waals surface area contributed by atoms with Crippen LogP contribution in [0.2, 0.25) is 0 Å². The summed E-state index contributed by atoms with van der Waals surface area (Å²) in [5, 5.41) is 0. The molecule has 1 aromatic rings. The van der Waals surface area contributed by atoms with E-state index in [4.69, 9.17) is 0 Å². The number of rotatable bonds is 5. The van der Waals surface area contributed by atoms with E-state index >= 15 is 0 Å². The molecule has 1 aliphatic carbocycles. The third-order valence-electron chi connectivity index (χ3n) is 3.46. The molecule has 1 nitrogen and oxygen atoms in total. The molecule has 17 heavy (non-hydrogen) atoms. The third kappa shape index (κ3) is 3.41. The summed E-state index contributed by atoms with van der Waals surface area (Å²) in [6, 6.07) is 2.16. The van der Waals surface area contributed by atoms with Crippen LogP contribution in [0, 0.1) is 5.92 Å². The predicted molar refractivity (Wildman–Crippen MR) is 74.0 cm³/mol. The highest BCUT2D eigenvalue weighted by atomic mass is 32.1. The molecule has 0 atom stereocenters. The molecule has 0 spiro atoms. The van der Waals surface area contributed by atoms with Crippen molar-refractivity contribution < 1.29 is 4.79 Å². The van der Waals surface area contributed by atoms with Crippen LogP contribution in [-0.4, -0.2) is 5.78 Å². The maximum absolute atomic E-state index is 12.1. The molecule has 1 heterocycles. The molecule has 0 radical (unpaired) electrons. The van der Waals surface area contributed by atoms with E-state index in [1.807, 2.05) is 0 Å². The lowest BCUT2D eigenvalue weighted by Gasteiger charge is -2.08. The van der Waals surface area contributed by atoms with Crippen molar-refractivity contribution in [3.05, 3.63) is 21.4 Å². The lowest BCUT2D eigenvalue weighted by Crippen LogP contribution is -1.98. The SMILES string of the molecule is CC(C)CCCC(=O)c1cc2c(s1)CCCC2. The average Bonchev–Trinajstić information content (AvgIpc) is 2.71. The first kappa shape index (κ1) is 12.8. The van der Waals surface area contributed by atoms with Crippen molar-refractivity contribution in [3.63, 3.8) is 0 Å². The molecule has 0 unspecified atom stereocenters. The summed E-state index contributed by atoms with van der Waals surface area (Å²) in [4.78, 5) is 14.5. The van der Waals surface area contributed by atoms with E-state index in [1.54, 1.807) is 11.3 Å². The van der Waals surface area contributed by atoms with Crippen molar-refractivity contribution in [2.45, 2.75) is 58.8 Å². The van der Waals surface area contributed by atoms with Gasteiger partial charge in [-0.1, -0.05) is 20.3 Å². The second kappa shape index (κ2) is 5.81. The predicted octanol–water partition coefficient (Wildman–Crippen LogP) is 4.64. The summed E-state index contributed by atoms with van der Waals surface area (Å²) < 4.78 is 0. The van der Waals surface area contributed by atoms with Crippen LogP contribution < -0.4 is 0 Å². The Hall–Kier alpha value is -0.630. The number of thiophene rings is 1. The minimum Gasteiger partial charge on any atom is -0.293 e. The number of fused-ring (bicyclic) bond motifs is 1. The number of carbonyl (C=O) groups excluding carboxylic acids is 1. The molecule has 0 bridgehead atoms. The first-order valence-corrected chi connectivity index (χ1v) is 7.63. The third-order valence-corrected chi connectivity index (χ3v) is 4.73. The molecular weight excluding hydrogens is 228 g/mol. The van der Waals surface area contributed by atoms with Gasteiger partial charge in [0, 0.05) is 11.3 Å². The zero-order chi connectivity index (χ0) is 12.3. The van der Waals surface area contributed by atoms with Gasteiger partial charge >= 0.3 is 0 Å². The quantitative estimate of drug-likeness (QED) is 0.696. The standard InChI is InChI=1S/C15H22OS/c1-11(2)6-5-8-13(16)15-10-12-7-3-4-9-14(12)17-15/h10-11H,3-9H2,1-2H3. The Labute approximate surface area is 108 Å². The number of hydrogen-bond acceptors (Lipinski definition) is 2. The highest BCUT2D eigenvalue weighted by Crippen LogP contribution is 2.30. The minimum atomic E-state index is 0.366. The summed E-state index contributed by atoms with van der Waals surface area (Å²) in [5.74, 6) is 1.07. The van der Waals surface area contributed by atoms with E-state index in [9.17, 15) is 4.79 Å². The molecule has 0 saturated heterocycles. The summed E-state index contributed by atoms with van der Waals surface area (Å²) in [5.41, 5.74) is 1.45. The summed E-state index contributed by atoms with van der Waals surface area (Å²) in [6.07, 6.45) is 7.91. The number of Topliss-reactive ketones (excluding diaryl/α,β-unsaturated/α-hetero) is 1. The number of hydrogen-bond donors (Lipinski definition) is 0. The van der Waals surface area contributed by atoms with E-state index in [0.29, 0.717) is 11.7 Å². The molecular formula is C15H22OS. The maximum atomic E-state index is 12.1. The fraction of sp³-hybridized carbons (Fsp3) is 0.667. The van der Waals surface area contributed by atoms with Crippen LogP contribution in [-0.2, 0) is 12.8 Å². The van der Waals surface area contributed by atoms with E-state index in [-0.39, 0.29) is 0 Å². The normalized spacial score (nSPS) is 15.0. The first-order chi connectivity index (χ1) is 8.16. The zero-order valence-electron chi connectivity index (χ0n) is 10.9. The maximum Gasteiger partial charge on any atom is 0.172 e. The van der Waals surface area contributed by atoms with Gasteiger partial charge in [0.1, 0.15) is 0 Å². The van der Waals surface area contributed by atoms with Gasteiger partial charge in [-0.2, -0.15) is 0 Å². The van der Waals surface area contributed by atoms with Crippen LogP contribution in [0.5, 0.6) is 0 Å². The average molecular weight is 250 g/mol. The molecule has 2 rings (SSSR count). The van der Waals surface area contributed by atoms with Gasteiger partial charge in [-0.05, 0) is 49.7 Å². The Kier molecular flexibility index (Phi) is 4.38. The fourth-order valence-electron chi connectivity index (χ4n) is 2.42. The highest BCUT2D eigenvalue weighted by Gasteiger charge is 2.16. The van der Waals surface area contributed by atoms with Crippen LogP contribution in [0.3, 0.4) is 0 Å².